The summed E-state index contributed by atoms with van der Waals surface area (Å²) in [5, 5.41) is 9.12. The second-order valence-corrected chi connectivity index (χ2v) is 5.03. The van der Waals surface area contributed by atoms with Gasteiger partial charge in [-0.3, -0.25) is 4.79 Å². The van der Waals surface area contributed by atoms with Crippen LogP contribution in [0.5, 0.6) is 0 Å². The molecule has 0 aliphatic heterocycles. The Morgan fingerprint density at radius 2 is 1.95 bits per heavy atom. The lowest BCUT2D eigenvalue weighted by Crippen LogP contribution is -2.29. The first-order valence-electron chi connectivity index (χ1n) is 6.79. The fraction of sp³-hybridized carbons (Fsp3) is 0.250. The van der Waals surface area contributed by atoms with Crippen LogP contribution in [0.4, 0.5) is 5.69 Å². The van der Waals surface area contributed by atoms with Gasteiger partial charge in [0.2, 0.25) is 0 Å². The largest absolute Gasteiger partial charge is 0.469 e. The van der Waals surface area contributed by atoms with E-state index in [2.05, 4.69) is 39.6 Å². The van der Waals surface area contributed by atoms with Crippen molar-refractivity contribution in [2.24, 2.45) is 0 Å². The minimum Gasteiger partial charge on any atom is -0.469 e. The van der Waals surface area contributed by atoms with E-state index in [9.17, 15) is 4.79 Å². The first kappa shape index (κ1) is 15.3. The Hall–Kier alpha value is -2.14. The van der Waals surface area contributed by atoms with E-state index in [1.807, 2.05) is 18.2 Å². The highest BCUT2D eigenvalue weighted by Crippen LogP contribution is 2.18. The molecule has 2 aromatic carbocycles. The maximum atomic E-state index is 11.0. The molecule has 4 nitrogen and oxygen atoms in total. The molecule has 2 aromatic rings. The Morgan fingerprint density at radius 3 is 2.71 bits per heavy atom. The zero-order valence-corrected chi connectivity index (χ0v) is 12.7. The van der Waals surface area contributed by atoms with Gasteiger partial charge in [0, 0.05) is 18.7 Å². The van der Waals surface area contributed by atoms with Crippen molar-refractivity contribution in [2.75, 3.05) is 19.0 Å². The number of rotatable bonds is 5. The standard InChI is InChI=1S/C16H18N2O2S/c1-20-15(19)7-4-10-17-16(21)18-14-9-8-12-5-2-3-6-13(12)11-14/h2-3,5-6,8-9,11H,4,7,10H2,1H3,(H2,17,18,21). The highest BCUT2D eigenvalue weighted by Gasteiger charge is 2.01. The quantitative estimate of drug-likeness (QED) is 0.505. The van der Waals surface area contributed by atoms with Gasteiger partial charge >= 0.3 is 5.97 Å². The van der Waals surface area contributed by atoms with Gasteiger partial charge in [-0.1, -0.05) is 30.3 Å². The van der Waals surface area contributed by atoms with Gasteiger partial charge < -0.3 is 15.4 Å². The first-order valence-corrected chi connectivity index (χ1v) is 7.20. The Balaban J connectivity index is 1.82. The number of thiocarbonyl (C=S) groups is 1. The van der Waals surface area contributed by atoms with Gasteiger partial charge in [0.25, 0.3) is 0 Å². The number of nitrogens with one attached hydrogen (secondary N) is 2. The summed E-state index contributed by atoms with van der Waals surface area (Å²) in [5.41, 5.74) is 0.944. The summed E-state index contributed by atoms with van der Waals surface area (Å²) in [6, 6.07) is 14.3. The van der Waals surface area contributed by atoms with Crippen LogP contribution in [0.25, 0.3) is 10.8 Å². The average Bonchev–Trinajstić information content (AvgIpc) is 2.51. The molecule has 110 valence electrons. The molecular weight excluding hydrogens is 284 g/mol. The van der Waals surface area contributed by atoms with Gasteiger partial charge in [0.1, 0.15) is 0 Å². The van der Waals surface area contributed by atoms with Crippen LogP contribution in [0, 0.1) is 0 Å². The van der Waals surface area contributed by atoms with E-state index < -0.39 is 0 Å². The maximum absolute atomic E-state index is 11.0. The molecule has 0 atom stereocenters. The topological polar surface area (TPSA) is 50.4 Å². The summed E-state index contributed by atoms with van der Waals surface area (Å²) in [6.07, 6.45) is 1.08. The molecule has 0 bridgehead atoms. The summed E-state index contributed by atoms with van der Waals surface area (Å²) in [5.74, 6) is -0.204. The number of benzene rings is 2. The molecule has 0 saturated heterocycles. The lowest BCUT2D eigenvalue weighted by Gasteiger charge is -2.11. The highest BCUT2D eigenvalue weighted by molar-refractivity contribution is 7.80. The molecule has 21 heavy (non-hydrogen) atoms. The van der Waals surface area contributed by atoms with Crippen molar-refractivity contribution in [1.82, 2.24) is 5.32 Å². The van der Waals surface area contributed by atoms with Crippen LogP contribution in [0.2, 0.25) is 0 Å². The van der Waals surface area contributed by atoms with Crippen LogP contribution in [-0.4, -0.2) is 24.7 Å². The number of fused-ring (bicyclic) bond motifs is 1. The number of carbonyl (C=O) groups is 1. The van der Waals surface area contributed by atoms with Gasteiger partial charge in [-0.15, -0.1) is 0 Å². The molecule has 0 spiro atoms. The number of methoxy groups -OCH3 is 1. The third-order valence-electron chi connectivity index (χ3n) is 3.08. The predicted molar refractivity (Wildman–Crippen MR) is 89.4 cm³/mol. The number of esters is 1. The van der Waals surface area contributed by atoms with E-state index in [1.54, 1.807) is 0 Å². The lowest BCUT2D eigenvalue weighted by molar-refractivity contribution is -0.140. The summed E-state index contributed by atoms with van der Waals surface area (Å²) in [7, 11) is 1.39. The summed E-state index contributed by atoms with van der Waals surface area (Å²) >= 11 is 5.23. The molecule has 0 saturated carbocycles. The van der Waals surface area contributed by atoms with Crippen LogP contribution < -0.4 is 10.6 Å². The fourth-order valence-corrected chi connectivity index (χ4v) is 2.20. The van der Waals surface area contributed by atoms with Crippen molar-refractivity contribution in [2.45, 2.75) is 12.8 Å². The molecule has 2 N–H and O–H groups in total. The molecule has 0 unspecified atom stereocenters. The van der Waals surface area contributed by atoms with Crippen LogP contribution in [0.15, 0.2) is 42.5 Å². The van der Waals surface area contributed by atoms with Gasteiger partial charge in [-0.2, -0.15) is 0 Å². The van der Waals surface area contributed by atoms with Gasteiger partial charge in [0.15, 0.2) is 5.11 Å². The smallest absolute Gasteiger partial charge is 0.305 e. The molecule has 0 radical (unpaired) electrons. The molecule has 0 fully saturated rings. The number of hydrogen-bond donors (Lipinski definition) is 2. The van der Waals surface area contributed by atoms with Crippen LogP contribution in [-0.2, 0) is 9.53 Å². The Kier molecular flexibility index (Phi) is 5.51. The molecule has 0 aliphatic carbocycles. The van der Waals surface area contributed by atoms with Crippen molar-refractivity contribution in [1.29, 1.82) is 0 Å². The van der Waals surface area contributed by atoms with Crippen molar-refractivity contribution in [3.8, 4) is 0 Å². The SMILES string of the molecule is COC(=O)CCCNC(=S)Nc1ccc2ccccc2c1. The second kappa shape index (κ2) is 7.59. The predicted octanol–water partition coefficient (Wildman–Crippen LogP) is 3.08. The van der Waals surface area contributed by atoms with Crippen molar-refractivity contribution >= 4 is 39.8 Å². The third kappa shape index (κ3) is 4.72. The Bertz CT molecular complexity index is 643. The number of carbonyl (C=O) groups excluding carboxylic acids is 1. The maximum Gasteiger partial charge on any atom is 0.305 e. The Morgan fingerprint density at radius 1 is 1.19 bits per heavy atom. The van der Waals surface area contributed by atoms with Crippen molar-refractivity contribution < 1.29 is 9.53 Å². The molecule has 2 rings (SSSR count). The average molecular weight is 302 g/mol. The van der Waals surface area contributed by atoms with Crippen LogP contribution in [0.1, 0.15) is 12.8 Å². The lowest BCUT2D eigenvalue weighted by atomic mass is 10.1. The minimum atomic E-state index is -0.204. The van der Waals surface area contributed by atoms with E-state index in [0.717, 1.165) is 11.1 Å². The molecule has 0 amide bonds. The van der Waals surface area contributed by atoms with E-state index in [1.165, 1.54) is 12.5 Å². The summed E-state index contributed by atoms with van der Waals surface area (Å²) in [4.78, 5) is 11.0. The van der Waals surface area contributed by atoms with Gasteiger partial charge in [-0.25, -0.2) is 0 Å². The summed E-state index contributed by atoms with van der Waals surface area (Å²) < 4.78 is 4.58. The van der Waals surface area contributed by atoms with Crippen molar-refractivity contribution in [3.63, 3.8) is 0 Å². The minimum absolute atomic E-state index is 0.204. The van der Waals surface area contributed by atoms with E-state index in [-0.39, 0.29) is 5.97 Å². The molecule has 0 heterocycles. The first-order chi connectivity index (χ1) is 10.2. The Labute approximate surface area is 129 Å². The molecular formula is C16H18N2O2S. The highest BCUT2D eigenvalue weighted by atomic mass is 32.1. The number of ether oxygens (including phenoxy) is 1. The molecule has 0 aliphatic rings. The monoisotopic (exact) mass is 302 g/mol. The van der Waals surface area contributed by atoms with E-state index in [4.69, 9.17) is 12.2 Å². The normalized spacial score (nSPS) is 10.1. The second-order valence-electron chi connectivity index (χ2n) is 4.62. The third-order valence-corrected chi connectivity index (χ3v) is 3.32. The van der Waals surface area contributed by atoms with Crippen LogP contribution in [0.3, 0.4) is 0 Å². The molecule has 5 heteroatoms. The van der Waals surface area contributed by atoms with E-state index in [0.29, 0.717) is 24.5 Å². The summed E-state index contributed by atoms with van der Waals surface area (Å²) in [6.45, 7) is 0.633. The van der Waals surface area contributed by atoms with E-state index >= 15 is 0 Å². The molecule has 0 aromatic heterocycles. The van der Waals surface area contributed by atoms with Gasteiger partial charge in [0.05, 0.1) is 7.11 Å². The fourth-order valence-electron chi connectivity index (χ4n) is 1.98. The van der Waals surface area contributed by atoms with Gasteiger partial charge in [-0.05, 0) is 41.5 Å². The van der Waals surface area contributed by atoms with Crippen LogP contribution >= 0.6 is 12.2 Å². The number of hydrogen-bond acceptors (Lipinski definition) is 3. The van der Waals surface area contributed by atoms with Crippen molar-refractivity contribution in [3.05, 3.63) is 42.5 Å². The zero-order valence-electron chi connectivity index (χ0n) is 11.9. The number of anilines is 1. The zero-order chi connectivity index (χ0) is 15.1.